The molecule has 0 spiro atoms. The fourth-order valence-electron chi connectivity index (χ4n) is 2.72. The van der Waals surface area contributed by atoms with Crippen molar-refractivity contribution in [2.45, 2.75) is 18.5 Å². The second-order valence-corrected chi connectivity index (χ2v) is 4.55. The first-order valence-corrected chi connectivity index (χ1v) is 5.61. The predicted molar refractivity (Wildman–Crippen MR) is 60.8 cm³/mol. The molecule has 86 valence electrons. The van der Waals surface area contributed by atoms with Crippen LogP contribution in [0.1, 0.15) is 6.42 Å². The van der Waals surface area contributed by atoms with E-state index >= 15 is 0 Å². The van der Waals surface area contributed by atoms with Gasteiger partial charge in [0.2, 0.25) is 5.88 Å². The van der Waals surface area contributed by atoms with Crippen molar-refractivity contribution in [1.29, 1.82) is 0 Å². The zero-order valence-electron chi connectivity index (χ0n) is 9.63. The molecule has 3 rings (SSSR count). The molecule has 0 aromatic carbocycles. The number of rotatable bonds is 2. The number of piperazine rings is 1. The first-order valence-electron chi connectivity index (χ1n) is 5.61. The van der Waals surface area contributed by atoms with Gasteiger partial charge < -0.3 is 9.64 Å². The highest BCUT2D eigenvalue weighted by Crippen LogP contribution is 2.32. The maximum Gasteiger partial charge on any atom is 0.233 e. The summed E-state index contributed by atoms with van der Waals surface area (Å²) in [4.78, 5) is 13.4. The number of nitrogens with zero attached hydrogens (tertiary/aromatic N) is 4. The summed E-state index contributed by atoms with van der Waals surface area (Å²) in [6, 6.07) is 1.27. The van der Waals surface area contributed by atoms with E-state index < -0.39 is 0 Å². The summed E-state index contributed by atoms with van der Waals surface area (Å²) in [5, 5.41) is 0. The molecule has 2 aliphatic heterocycles. The SMILES string of the molecule is COc1cncc(N2C[C@@H]3C[C@H]2CN3C)n1. The van der Waals surface area contributed by atoms with Gasteiger partial charge in [0, 0.05) is 25.2 Å². The van der Waals surface area contributed by atoms with Crippen LogP contribution in [-0.4, -0.2) is 54.2 Å². The normalized spacial score (nSPS) is 28.8. The Morgan fingerprint density at radius 3 is 2.81 bits per heavy atom. The Morgan fingerprint density at radius 1 is 1.31 bits per heavy atom. The average Bonchev–Trinajstić information content (AvgIpc) is 2.88. The minimum atomic E-state index is 0.591. The van der Waals surface area contributed by atoms with Crippen LogP contribution in [0.5, 0.6) is 5.88 Å². The standard InChI is InChI=1S/C11H16N4O/c1-14-6-9-3-8(14)7-15(9)10-4-12-5-11(13-10)16-2/h4-5,8-9H,3,6-7H2,1-2H3/t8-,9-/m0/s1. The van der Waals surface area contributed by atoms with E-state index in [-0.39, 0.29) is 0 Å². The van der Waals surface area contributed by atoms with E-state index in [4.69, 9.17) is 4.74 Å². The van der Waals surface area contributed by atoms with Crippen LogP contribution in [0.2, 0.25) is 0 Å². The molecule has 0 unspecified atom stereocenters. The van der Waals surface area contributed by atoms with Crippen LogP contribution >= 0.6 is 0 Å². The zero-order chi connectivity index (χ0) is 11.1. The maximum absolute atomic E-state index is 5.10. The third kappa shape index (κ3) is 1.43. The van der Waals surface area contributed by atoms with Gasteiger partial charge in [0.25, 0.3) is 0 Å². The molecule has 5 nitrogen and oxygen atoms in total. The van der Waals surface area contributed by atoms with Gasteiger partial charge in [-0.3, -0.25) is 9.88 Å². The molecule has 2 aliphatic rings. The van der Waals surface area contributed by atoms with Gasteiger partial charge >= 0.3 is 0 Å². The molecule has 2 atom stereocenters. The van der Waals surface area contributed by atoms with E-state index in [1.54, 1.807) is 13.3 Å². The molecule has 1 aromatic rings. The molecule has 2 saturated heterocycles. The molecule has 0 N–H and O–H groups in total. The predicted octanol–water partition coefficient (Wildman–Crippen LogP) is 0.378. The summed E-state index contributed by atoms with van der Waals surface area (Å²) in [5.41, 5.74) is 0. The Morgan fingerprint density at radius 2 is 2.19 bits per heavy atom. The van der Waals surface area contributed by atoms with E-state index in [1.165, 1.54) is 6.42 Å². The molecular weight excluding hydrogens is 204 g/mol. The first-order chi connectivity index (χ1) is 7.78. The number of likely N-dealkylation sites (N-methyl/N-ethyl adjacent to an activating group) is 1. The minimum Gasteiger partial charge on any atom is -0.480 e. The third-order valence-corrected chi connectivity index (χ3v) is 3.62. The smallest absolute Gasteiger partial charge is 0.233 e. The maximum atomic E-state index is 5.10. The van der Waals surface area contributed by atoms with E-state index in [0.717, 1.165) is 18.9 Å². The molecule has 0 radical (unpaired) electrons. The van der Waals surface area contributed by atoms with Crippen LogP contribution in [0.3, 0.4) is 0 Å². The van der Waals surface area contributed by atoms with Crippen LogP contribution in [0.4, 0.5) is 5.82 Å². The van der Waals surface area contributed by atoms with E-state index in [1.807, 2.05) is 6.20 Å². The number of aromatic nitrogens is 2. The fourth-order valence-corrected chi connectivity index (χ4v) is 2.72. The quantitative estimate of drug-likeness (QED) is 0.720. The summed E-state index contributed by atoms with van der Waals surface area (Å²) in [6.07, 6.45) is 4.71. The van der Waals surface area contributed by atoms with Gasteiger partial charge in [0.05, 0.1) is 19.5 Å². The highest BCUT2D eigenvalue weighted by Gasteiger charge is 2.42. The molecule has 2 bridgehead atoms. The highest BCUT2D eigenvalue weighted by atomic mass is 16.5. The molecule has 0 amide bonds. The van der Waals surface area contributed by atoms with Gasteiger partial charge in [-0.1, -0.05) is 0 Å². The van der Waals surface area contributed by atoms with Gasteiger partial charge in [-0.25, -0.2) is 0 Å². The second kappa shape index (κ2) is 3.59. The lowest BCUT2D eigenvalue weighted by atomic mass is 10.2. The number of fused-ring (bicyclic) bond motifs is 2. The van der Waals surface area contributed by atoms with Crippen molar-refractivity contribution >= 4 is 5.82 Å². The molecule has 5 heteroatoms. The van der Waals surface area contributed by atoms with Crippen LogP contribution in [0.15, 0.2) is 12.4 Å². The molecular formula is C11H16N4O. The monoisotopic (exact) mass is 220 g/mol. The molecule has 0 aliphatic carbocycles. The minimum absolute atomic E-state index is 0.591. The number of methoxy groups -OCH3 is 1. The molecule has 1 aromatic heterocycles. The lowest BCUT2D eigenvalue weighted by molar-refractivity contribution is 0.291. The van der Waals surface area contributed by atoms with Crippen LogP contribution in [-0.2, 0) is 0 Å². The number of hydrogen-bond acceptors (Lipinski definition) is 5. The highest BCUT2D eigenvalue weighted by molar-refractivity contribution is 5.42. The number of anilines is 1. The van der Waals surface area contributed by atoms with Crippen LogP contribution < -0.4 is 9.64 Å². The Balaban J connectivity index is 1.83. The van der Waals surface area contributed by atoms with Crippen molar-refractivity contribution in [2.75, 3.05) is 32.1 Å². The summed E-state index contributed by atoms with van der Waals surface area (Å²) >= 11 is 0. The fraction of sp³-hybridized carbons (Fsp3) is 0.636. The molecule has 3 heterocycles. The molecule has 0 saturated carbocycles. The summed E-state index contributed by atoms with van der Waals surface area (Å²) in [7, 11) is 3.82. The molecule has 16 heavy (non-hydrogen) atoms. The lowest BCUT2D eigenvalue weighted by Crippen LogP contribution is -2.44. The average molecular weight is 220 g/mol. The molecule has 2 fully saturated rings. The Hall–Kier alpha value is -1.36. The van der Waals surface area contributed by atoms with Crippen LogP contribution in [0, 0.1) is 0 Å². The van der Waals surface area contributed by atoms with Crippen molar-refractivity contribution in [3.05, 3.63) is 12.4 Å². The Labute approximate surface area is 95.0 Å². The third-order valence-electron chi connectivity index (χ3n) is 3.62. The number of likely N-dealkylation sites (tertiary alicyclic amines) is 1. The van der Waals surface area contributed by atoms with Gasteiger partial charge in [-0.15, -0.1) is 0 Å². The summed E-state index contributed by atoms with van der Waals surface area (Å²) < 4.78 is 5.10. The van der Waals surface area contributed by atoms with Gasteiger partial charge in [0.15, 0.2) is 5.82 Å². The van der Waals surface area contributed by atoms with Crippen molar-refractivity contribution < 1.29 is 4.74 Å². The first kappa shape index (κ1) is 9.84. The Kier molecular flexibility index (Phi) is 2.21. The van der Waals surface area contributed by atoms with E-state index in [9.17, 15) is 0 Å². The summed E-state index contributed by atoms with van der Waals surface area (Å²) in [5.74, 6) is 1.54. The van der Waals surface area contributed by atoms with Gasteiger partial charge in [0.1, 0.15) is 0 Å². The van der Waals surface area contributed by atoms with E-state index in [2.05, 4.69) is 26.8 Å². The Bertz CT molecular complexity index is 395. The van der Waals surface area contributed by atoms with Crippen molar-refractivity contribution in [2.24, 2.45) is 0 Å². The van der Waals surface area contributed by atoms with E-state index in [0.29, 0.717) is 18.0 Å². The summed E-state index contributed by atoms with van der Waals surface area (Å²) in [6.45, 7) is 2.19. The van der Waals surface area contributed by atoms with Crippen molar-refractivity contribution in [3.8, 4) is 5.88 Å². The van der Waals surface area contributed by atoms with Gasteiger partial charge in [-0.2, -0.15) is 4.98 Å². The topological polar surface area (TPSA) is 41.5 Å². The number of ether oxygens (including phenoxy) is 1. The lowest BCUT2D eigenvalue weighted by Gasteiger charge is -2.32. The van der Waals surface area contributed by atoms with Crippen LogP contribution in [0.25, 0.3) is 0 Å². The zero-order valence-corrected chi connectivity index (χ0v) is 9.63. The van der Waals surface area contributed by atoms with Gasteiger partial charge in [-0.05, 0) is 13.5 Å². The van der Waals surface area contributed by atoms with Crippen molar-refractivity contribution in [3.63, 3.8) is 0 Å². The number of hydrogen-bond donors (Lipinski definition) is 0. The largest absolute Gasteiger partial charge is 0.480 e. The second-order valence-electron chi connectivity index (χ2n) is 4.55. The van der Waals surface area contributed by atoms with Crippen molar-refractivity contribution in [1.82, 2.24) is 14.9 Å².